The number of thiophene rings is 1. The van der Waals surface area contributed by atoms with Crippen LogP contribution in [0.15, 0.2) is 29.8 Å². The summed E-state index contributed by atoms with van der Waals surface area (Å²) in [5.41, 5.74) is 7.91. The number of fused-ring (bicyclic) bond motifs is 1. The Hall–Kier alpha value is -1.44. The lowest BCUT2D eigenvalue weighted by atomic mass is 10.1. The number of nitrogens with zero attached hydrogens (tertiary/aromatic N) is 3. The summed E-state index contributed by atoms with van der Waals surface area (Å²) >= 11 is 3.48. The Balaban J connectivity index is 1.96. The molecule has 3 aromatic rings. The van der Waals surface area contributed by atoms with E-state index in [4.69, 9.17) is 5.73 Å². The van der Waals surface area contributed by atoms with Gasteiger partial charge in [0.25, 0.3) is 0 Å². The zero-order valence-electron chi connectivity index (χ0n) is 11.9. The van der Waals surface area contributed by atoms with Crippen molar-refractivity contribution in [1.29, 1.82) is 0 Å². The standard InChI is InChI=1S/C14H17N5S2/c1-3-9(15)12(10-5-4-8(2)20-10)21-14-11-13(17-6-16-11)18-7-19-14/h4-7,9,12H,3,15H2,1-2H3,(H,16,17,18,19). The summed E-state index contributed by atoms with van der Waals surface area (Å²) in [5, 5.41) is 1.09. The number of rotatable bonds is 5. The van der Waals surface area contributed by atoms with Crippen LogP contribution >= 0.6 is 23.1 Å². The van der Waals surface area contributed by atoms with Gasteiger partial charge in [0.2, 0.25) is 0 Å². The largest absolute Gasteiger partial charge is 0.341 e. The summed E-state index contributed by atoms with van der Waals surface area (Å²) in [6.07, 6.45) is 4.12. The molecule has 0 bridgehead atoms. The second-order valence-electron chi connectivity index (χ2n) is 4.84. The number of hydrogen-bond donors (Lipinski definition) is 2. The van der Waals surface area contributed by atoms with Crippen molar-refractivity contribution in [1.82, 2.24) is 19.9 Å². The molecule has 0 saturated heterocycles. The van der Waals surface area contributed by atoms with Crippen LogP contribution in [0.5, 0.6) is 0 Å². The number of nitrogens with two attached hydrogens (primary N) is 1. The van der Waals surface area contributed by atoms with Gasteiger partial charge >= 0.3 is 0 Å². The second kappa shape index (κ2) is 6.13. The number of aryl methyl sites for hydroxylation is 1. The maximum atomic E-state index is 6.34. The molecule has 3 rings (SSSR count). The fourth-order valence-electron chi connectivity index (χ4n) is 2.13. The normalized spacial score (nSPS) is 14.4. The molecule has 3 N–H and O–H groups in total. The quantitative estimate of drug-likeness (QED) is 0.557. The molecule has 2 atom stereocenters. The van der Waals surface area contributed by atoms with Gasteiger partial charge in [-0.25, -0.2) is 15.0 Å². The van der Waals surface area contributed by atoms with E-state index in [-0.39, 0.29) is 11.3 Å². The first kappa shape index (κ1) is 14.5. The Kier molecular flexibility index (Phi) is 4.23. The molecule has 110 valence electrons. The molecule has 0 spiro atoms. The van der Waals surface area contributed by atoms with Crippen molar-refractivity contribution >= 4 is 34.3 Å². The first-order valence-corrected chi connectivity index (χ1v) is 8.51. The summed E-state index contributed by atoms with van der Waals surface area (Å²) < 4.78 is 0. The Morgan fingerprint density at radius 1 is 1.33 bits per heavy atom. The van der Waals surface area contributed by atoms with Crippen LogP contribution < -0.4 is 5.73 Å². The number of imidazole rings is 1. The van der Waals surface area contributed by atoms with Crippen molar-refractivity contribution in [2.24, 2.45) is 5.73 Å². The molecule has 21 heavy (non-hydrogen) atoms. The molecule has 0 aliphatic heterocycles. The number of nitrogens with one attached hydrogen (secondary N) is 1. The third kappa shape index (κ3) is 2.95. The molecule has 0 aliphatic carbocycles. The lowest BCUT2D eigenvalue weighted by Crippen LogP contribution is -2.25. The van der Waals surface area contributed by atoms with E-state index in [0.717, 1.165) is 17.0 Å². The van der Waals surface area contributed by atoms with Crippen LogP contribution in [0.2, 0.25) is 0 Å². The molecule has 0 saturated carbocycles. The number of hydrogen-bond acceptors (Lipinski definition) is 6. The molecule has 0 radical (unpaired) electrons. The first-order valence-electron chi connectivity index (χ1n) is 6.81. The Bertz CT molecular complexity index is 736. The van der Waals surface area contributed by atoms with E-state index in [0.29, 0.717) is 5.65 Å². The average Bonchev–Trinajstić information content (AvgIpc) is 3.12. The first-order chi connectivity index (χ1) is 10.2. The van der Waals surface area contributed by atoms with Gasteiger partial charge in [-0.2, -0.15) is 0 Å². The van der Waals surface area contributed by atoms with Gasteiger partial charge in [0.15, 0.2) is 5.65 Å². The van der Waals surface area contributed by atoms with Crippen molar-refractivity contribution in [2.75, 3.05) is 0 Å². The third-order valence-electron chi connectivity index (χ3n) is 3.33. The molecule has 0 aliphatic rings. The minimum absolute atomic E-state index is 0.0842. The average molecular weight is 319 g/mol. The monoisotopic (exact) mass is 319 g/mol. The van der Waals surface area contributed by atoms with E-state index in [1.807, 2.05) is 0 Å². The molecule has 0 aromatic carbocycles. The minimum Gasteiger partial charge on any atom is -0.341 e. The summed E-state index contributed by atoms with van der Waals surface area (Å²) in [6.45, 7) is 4.23. The number of aromatic nitrogens is 4. The van der Waals surface area contributed by atoms with Crippen molar-refractivity contribution < 1.29 is 0 Å². The fourth-order valence-corrected chi connectivity index (χ4v) is 4.53. The highest BCUT2D eigenvalue weighted by atomic mass is 32.2. The minimum atomic E-state index is 0.0842. The predicted octanol–water partition coefficient (Wildman–Crippen LogP) is 3.29. The molecule has 3 aromatic heterocycles. The summed E-state index contributed by atoms with van der Waals surface area (Å²) in [4.78, 5) is 18.4. The Labute approximate surface area is 131 Å². The molecule has 0 amide bonds. The highest BCUT2D eigenvalue weighted by Crippen LogP contribution is 2.41. The molecule has 7 heteroatoms. The maximum Gasteiger partial charge on any atom is 0.181 e. The molecule has 2 unspecified atom stereocenters. The van der Waals surface area contributed by atoms with Gasteiger partial charge in [-0.15, -0.1) is 11.3 Å². The van der Waals surface area contributed by atoms with E-state index in [1.54, 1.807) is 35.8 Å². The zero-order chi connectivity index (χ0) is 14.8. The van der Waals surface area contributed by atoms with Crippen LogP contribution in [0.1, 0.15) is 28.3 Å². The predicted molar refractivity (Wildman–Crippen MR) is 87.6 cm³/mol. The van der Waals surface area contributed by atoms with Crippen LogP contribution in [0.25, 0.3) is 11.2 Å². The van der Waals surface area contributed by atoms with Crippen LogP contribution in [0.3, 0.4) is 0 Å². The maximum absolute atomic E-state index is 6.34. The van der Waals surface area contributed by atoms with Gasteiger partial charge in [-0.05, 0) is 25.5 Å². The van der Waals surface area contributed by atoms with Crippen LogP contribution in [0.4, 0.5) is 0 Å². The van der Waals surface area contributed by atoms with Gasteiger partial charge in [0, 0.05) is 15.8 Å². The van der Waals surface area contributed by atoms with Gasteiger partial charge in [-0.1, -0.05) is 18.7 Å². The van der Waals surface area contributed by atoms with E-state index < -0.39 is 0 Å². The summed E-state index contributed by atoms with van der Waals surface area (Å²) in [7, 11) is 0. The number of aromatic amines is 1. The molecule has 3 heterocycles. The lowest BCUT2D eigenvalue weighted by molar-refractivity contribution is 0.639. The van der Waals surface area contributed by atoms with Crippen molar-refractivity contribution in [2.45, 2.75) is 36.6 Å². The van der Waals surface area contributed by atoms with Gasteiger partial charge < -0.3 is 10.7 Å². The highest BCUT2D eigenvalue weighted by molar-refractivity contribution is 7.99. The van der Waals surface area contributed by atoms with Crippen molar-refractivity contribution in [3.63, 3.8) is 0 Å². The van der Waals surface area contributed by atoms with Crippen LogP contribution in [0, 0.1) is 6.92 Å². The SMILES string of the molecule is CCC(N)C(Sc1ncnc2nc[nH]c12)c1ccc(C)s1. The van der Waals surface area contributed by atoms with Gasteiger partial charge in [0.05, 0.1) is 11.6 Å². The summed E-state index contributed by atoms with van der Waals surface area (Å²) in [5.74, 6) is 0. The molecule has 5 nitrogen and oxygen atoms in total. The topological polar surface area (TPSA) is 80.5 Å². The van der Waals surface area contributed by atoms with Crippen LogP contribution in [-0.4, -0.2) is 26.0 Å². The zero-order valence-corrected chi connectivity index (χ0v) is 13.5. The van der Waals surface area contributed by atoms with E-state index in [2.05, 4.69) is 45.9 Å². The third-order valence-corrected chi connectivity index (χ3v) is 5.95. The molecular formula is C14H17N5S2. The van der Waals surface area contributed by atoms with Crippen molar-refractivity contribution in [3.05, 3.63) is 34.5 Å². The molecular weight excluding hydrogens is 302 g/mol. The second-order valence-corrected chi connectivity index (χ2v) is 7.29. The van der Waals surface area contributed by atoms with E-state index in [9.17, 15) is 0 Å². The van der Waals surface area contributed by atoms with Crippen LogP contribution in [-0.2, 0) is 0 Å². The lowest BCUT2D eigenvalue weighted by Gasteiger charge is -2.21. The highest BCUT2D eigenvalue weighted by Gasteiger charge is 2.23. The smallest absolute Gasteiger partial charge is 0.181 e. The molecule has 0 fully saturated rings. The number of H-pyrrole nitrogens is 1. The van der Waals surface area contributed by atoms with Gasteiger partial charge in [0.1, 0.15) is 16.9 Å². The van der Waals surface area contributed by atoms with E-state index >= 15 is 0 Å². The Morgan fingerprint density at radius 3 is 2.90 bits per heavy atom. The number of thioether (sulfide) groups is 1. The van der Waals surface area contributed by atoms with Gasteiger partial charge in [-0.3, -0.25) is 0 Å². The summed E-state index contributed by atoms with van der Waals surface area (Å²) in [6, 6.07) is 4.39. The van der Waals surface area contributed by atoms with E-state index in [1.165, 1.54) is 9.75 Å². The fraction of sp³-hybridized carbons (Fsp3) is 0.357. The van der Waals surface area contributed by atoms with Crippen molar-refractivity contribution in [3.8, 4) is 0 Å². The Morgan fingerprint density at radius 2 is 2.19 bits per heavy atom.